The summed E-state index contributed by atoms with van der Waals surface area (Å²) in [5.41, 5.74) is 2.70. The molecule has 0 N–H and O–H groups in total. The average Bonchev–Trinajstić information content (AvgIpc) is 3.01. The van der Waals surface area contributed by atoms with Gasteiger partial charge in [0.25, 0.3) is 5.69 Å². The minimum atomic E-state index is -0.542. The highest BCUT2D eigenvalue weighted by molar-refractivity contribution is 6.01. The van der Waals surface area contributed by atoms with Crippen molar-refractivity contribution < 1.29 is 14.5 Å². The number of para-hydroxylation sites is 1. The summed E-state index contributed by atoms with van der Waals surface area (Å²) in [7, 11) is 0. The van der Waals surface area contributed by atoms with Gasteiger partial charge in [0.1, 0.15) is 11.8 Å². The van der Waals surface area contributed by atoms with E-state index in [1.807, 2.05) is 30.3 Å². The molecule has 7 nitrogen and oxygen atoms in total. The second-order valence-corrected chi connectivity index (χ2v) is 5.99. The molecule has 0 aliphatic heterocycles. The largest absolute Gasteiger partial charge is 0.462 e. The second kappa shape index (κ2) is 7.76. The molecule has 2 aromatic carbocycles. The van der Waals surface area contributed by atoms with E-state index in [9.17, 15) is 20.2 Å². The highest BCUT2D eigenvalue weighted by Gasteiger charge is 2.28. The lowest BCUT2D eigenvalue weighted by molar-refractivity contribution is -0.384. The number of nitro benzene ring substituents is 1. The van der Waals surface area contributed by atoms with Gasteiger partial charge in [-0.15, -0.1) is 0 Å². The number of ether oxygens (including phenoxy) is 1. The molecule has 0 saturated carbocycles. The summed E-state index contributed by atoms with van der Waals surface area (Å²) in [6, 6.07) is 17.1. The Morgan fingerprint density at radius 1 is 1.18 bits per heavy atom. The van der Waals surface area contributed by atoms with Crippen molar-refractivity contribution in [1.82, 2.24) is 4.57 Å². The number of esters is 1. The van der Waals surface area contributed by atoms with Gasteiger partial charge in [0, 0.05) is 29.1 Å². The zero-order valence-electron chi connectivity index (χ0n) is 15.4. The number of nitrogens with zero attached hydrogens (tertiary/aromatic N) is 3. The van der Waals surface area contributed by atoms with Crippen molar-refractivity contribution in [2.75, 3.05) is 6.61 Å². The lowest BCUT2D eigenvalue weighted by Gasteiger charge is -2.08. The number of carbonyl (C=O) groups excluding carboxylic acids is 1. The summed E-state index contributed by atoms with van der Waals surface area (Å²) in [5, 5.41) is 20.8. The molecular weight excluding hydrogens is 358 g/mol. The van der Waals surface area contributed by atoms with Crippen molar-refractivity contribution in [3.63, 3.8) is 0 Å². The molecule has 0 radical (unpaired) electrons. The molecule has 0 amide bonds. The van der Waals surface area contributed by atoms with Crippen LogP contribution in [0.5, 0.6) is 0 Å². The van der Waals surface area contributed by atoms with Crippen LogP contribution in [0.25, 0.3) is 16.8 Å². The van der Waals surface area contributed by atoms with Gasteiger partial charge < -0.3 is 9.30 Å². The summed E-state index contributed by atoms with van der Waals surface area (Å²) in [6.45, 7) is 3.64. The third kappa shape index (κ3) is 3.23. The summed E-state index contributed by atoms with van der Waals surface area (Å²) in [6.07, 6.45) is 0. The van der Waals surface area contributed by atoms with Gasteiger partial charge in [-0.2, -0.15) is 5.26 Å². The van der Waals surface area contributed by atoms with Crippen molar-refractivity contribution in [3.8, 4) is 22.9 Å². The lowest BCUT2D eigenvalue weighted by Crippen LogP contribution is -2.07. The minimum Gasteiger partial charge on any atom is -0.462 e. The highest BCUT2D eigenvalue weighted by Crippen LogP contribution is 2.35. The SMILES string of the molecule is CCOC(=O)c1c(-c2ccc([N+](=O)[O-])cc2)c(C#N)n(-c2ccccc2)c1C. The molecule has 0 bridgehead atoms. The molecular formula is C21H17N3O4. The van der Waals surface area contributed by atoms with Crippen LogP contribution in [0, 0.1) is 28.4 Å². The van der Waals surface area contributed by atoms with Crippen LogP contribution < -0.4 is 0 Å². The van der Waals surface area contributed by atoms with E-state index in [0.717, 1.165) is 5.69 Å². The molecule has 140 valence electrons. The second-order valence-electron chi connectivity index (χ2n) is 5.99. The van der Waals surface area contributed by atoms with Gasteiger partial charge >= 0.3 is 5.97 Å². The predicted molar refractivity (Wildman–Crippen MR) is 103 cm³/mol. The van der Waals surface area contributed by atoms with Crippen LogP contribution >= 0.6 is 0 Å². The Labute approximate surface area is 161 Å². The van der Waals surface area contributed by atoms with Crippen molar-refractivity contribution in [2.45, 2.75) is 13.8 Å². The van der Waals surface area contributed by atoms with E-state index in [1.54, 1.807) is 18.4 Å². The Hall–Kier alpha value is -3.92. The Morgan fingerprint density at radius 2 is 1.82 bits per heavy atom. The van der Waals surface area contributed by atoms with E-state index < -0.39 is 10.9 Å². The monoisotopic (exact) mass is 375 g/mol. The summed E-state index contributed by atoms with van der Waals surface area (Å²) in [5.74, 6) is -0.542. The van der Waals surface area contributed by atoms with Crippen LogP contribution in [-0.2, 0) is 4.74 Å². The predicted octanol–water partition coefficient (Wildman–Crippen LogP) is 4.41. The first-order valence-electron chi connectivity index (χ1n) is 8.62. The molecule has 3 aromatic rings. The van der Waals surface area contributed by atoms with E-state index in [2.05, 4.69) is 6.07 Å². The Bertz CT molecular complexity index is 1080. The maximum Gasteiger partial charge on any atom is 0.340 e. The highest BCUT2D eigenvalue weighted by atomic mass is 16.6. The van der Waals surface area contributed by atoms with Gasteiger partial charge in [0.05, 0.1) is 17.1 Å². The fourth-order valence-corrected chi connectivity index (χ4v) is 3.18. The minimum absolute atomic E-state index is 0.0702. The van der Waals surface area contributed by atoms with Gasteiger partial charge in [-0.1, -0.05) is 18.2 Å². The number of rotatable bonds is 5. The third-order valence-electron chi connectivity index (χ3n) is 4.37. The van der Waals surface area contributed by atoms with E-state index in [4.69, 9.17) is 4.74 Å². The Morgan fingerprint density at radius 3 is 2.36 bits per heavy atom. The van der Waals surface area contributed by atoms with Gasteiger partial charge in [0.2, 0.25) is 0 Å². The quantitative estimate of drug-likeness (QED) is 0.374. The topological polar surface area (TPSA) is 98.2 Å². The molecule has 0 spiro atoms. The van der Waals surface area contributed by atoms with Crippen molar-refractivity contribution in [3.05, 3.63) is 81.7 Å². The number of nitro groups is 1. The zero-order chi connectivity index (χ0) is 20.3. The fraction of sp³-hybridized carbons (Fsp3) is 0.143. The molecule has 0 aliphatic rings. The first kappa shape index (κ1) is 18.9. The number of aromatic nitrogens is 1. The molecule has 0 unspecified atom stereocenters. The average molecular weight is 375 g/mol. The first-order valence-corrected chi connectivity index (χ1v) is 8.62. The summed E-state index contributed by atoms with van der Waals surface area (Å²) >= 11 is 0. The van der Waals surface area contributed by atoms with E-state index in [1.165, 1.54) is 24.3 Å². The Balaban J connectivity index is 2.32. The number of nitriles is 1. The molecule has 7 heteroatoms. The van der Waals surface area contributed by atoms with E-state index in [0.29, 0.717) is 16.8 Å². The maximum atomic E-state index is 12.7. The number of carbonyl (C=O) groups is 1. The third-order valence-corrected chi connectivity index (χ3v) is 4.37. The van der Waals surface area contributed by atoms with Gasteiger partial charge in [-0.05, 0) is 43.7 Å². The van der Waals surface area contributed by atoms with Crippen LogP contribution in [0.3, 0.4) is 0 Å². The van der Waals surface area contributed by atoms with Crippen LogP contribution in [0.1, 0.15) is 28.7 Å². The smallest absolute Gasteiger partial charge is 0.340 e. The first-order chi connectivity index (χ1) is 13.5. The Kier molecular flexibility index (Phi) is 5.23. The summed E-state index contributed by atoms with van der Waals surface area (Å²) < 4.78 is 6.91. The molecule has 0 atom stereocenters. The molecule has 28 heavy (non-hydrogen) atoms. The number of hydrogen-bond donors (Lipinski definition) is 0. The van der Waals surface area contributed by atoms with Crippen molar-refractivity contribution >= 4 is 11.7 Å². The van der Waals surface area contributed by atoms with Crippen LogP contribution in [0.2, 0.25) is 0 Å². The molecule has 3 rings (SSSR count). The summed E-state index contributed by atoms with van der Waals surface area (Å²) in [4.78, 5) is 23.1. The van der Waals surface area contributed by atoms with Crippen LogP contribution in [0.15, 0.2) is 54.6 Å². The molecule has 1 aromatic heterocycles. The lowest BCUT2D eigenvalue weighted by atomic mass is 10.00. The van der Waals surface area contributed by atoms with Gasteiger partial charge in [0.15, 0.2) is 0 Å². The van der Waals surface area contributed by atoms with Crippen LogP contribution in [0.4, 0.5) is 5.69 Å². The molecule has 0 fully saturated rings. The normalized spacial score (nSPS) is 10.3. The number of non-ortho nitro benzene ring substituents is 1. The molecule has 1 heterocycles. The zero-order valence-corrected chi connectivity index (χ0v) is 15.4. The van der Waals surface area contributed by atoms with Gasteiger partial charge in [-0.25, -0.2) is 4.79 Å². The maximum absolute atomic E-state index is 12.7. The van der Waals surface area contributed by atoms with Crippen molar-refractivity contribution in [1.29, 1.82) is 5.26 Å². The molecule has 0 aliphatic carbocycles. The molecule has 0 saturated heterocycles. The fourth-order valence-electron chi connectivity index (χ4n) is 3.18. The van der Waals surface area contributed by atoms with E-state index >= 15 is 0 Å². The van der Waals surface area contributed by atoms with Crippen molar-refractivity contribution in [2.24, 2.45) is 0 Å². The van der Waals surface area contributed by atoms with Gasteiger partial charge in [-0.3, -0.25) is 10.1 Å². The van der Waals surface area contributed by atoms with E-state index in [-0.39, 0.29) is 23.6 Å². The number of benzene rings is 2. The number of hydrogen-bond acceptors (Lipinski definition) is 5. The van der Waals surface area contributed by atoms with Crippen LogP contribution in [-0.4, -0.2) is 22.1 Å². The standard InChI is InChI=1S/C21H17N3O4/c1-3-28-21(25)19-14(2)23(16-7-5-4-6-8-16)18(13-22)20(19)15-9-11-17(12-10-15)24(26)27/h4-12H,3H2,1-2H3.